The van der Waals surface area contributed by atoms with E-state index in [9.17, 15) is 5.11 Å². The summed E-state index contributed by atoms with van der Waals surface area (Å²) in [5, 5.41) is 10.4. The molecule has 4 nitrogen and oxygen atoms in total. The smallest absolute Gasteiger partial charge is 0.143 e. The number of benzene rings is 1. The summed E-state index contributed by atoms with van der Waals surface area (Å²) in [6.45, 7) is 5.08. The van der Waals surface area contributed by atoms with E-state index in [0.29, 0.717) is 6.42 Å². The van der Waals surface area contributed by atoms with Gasteiger partial charge in [-0.05, 0) is 25.5 Å². The van der Waals surface area contributed by atoms with Crippen LogP contribution in [0.1, 0.15) is 48.8 Å². The monoisotopic (exact) mass is 272 g/mol. The van der Waals surface area contributed by atoms with E-state index in [1.54, 1.807) is 0 Å². The molecule has 0 radical (unpaired) electrons. The third-order valence-electron chi connectivity index (χ3n) is 3.77. The number of aliphatic hydroxyl groups is 1. The van der Waals surface area contributed by atoms with Gasteiger partial charge in [0.15, 0.2) is 0 Å². The summed E-state index contributed by atoms with van der Waals surface area (Å²) in [5.41, 5.74) is 3.07. The number of aromatic nitrogens is 2. The van der Waals surface area contributed by atoms with Crippen molar-refractivity contribution >= 4 is 0 Å². The van der Waals surface area contributed by atoms with Crippen molar-refractivity contribution in [3.63, 3.8) is 0 Å². The normalized spacial score (nSPS) is 21.4. The minimum Gasteiger partial charge on any atom is -0.484 e. The molecule has 0 saturated heterocycles. The maximum absolute atomic E-state index is 10.4. The lowest BCUT2D eigenvalue weighted by molar-refractivity contribution is 0.0617. The van der Waals surface area contributed by atoms with Crippen molar-refractivity contribution in [1.29, 1.82) is 0 Å². The Morgan fingerprint density at radius 1 is 1.45 bits per heavy atom. The number of hydrogen-bond acceptors (Lipinski definition) is 3. The highest BCUT2D eigenvalue weighted by Crippen LogP contribution is 2.40. The Kier molecular flexibility index (Phi) is 3.49. The predicted molar refractivity (Wildman–Crippen MR) is 76.6 cm³/mol. The maximum atomic E-state index is 10.4. The topological polar surface area (TPSA) is 47.3 Å². The average molecular weight is 272 g/mol. The number of aryl methyl sites for hydroxylation is 2. The first-order valence-corrected chi connectivity index (χ1v) is 7.14. The van der Waals surface area contributed by atoms with Gasteiger partial charge in [0, 0.05) is 18.5 Å². The van der Waals surface area contributed by atoms with Crippen molar-refractivity contribution < 1.29 is 9.84 Å². The van der Waals surface area contributed by atoms with Gasteiger partial charge in [-0.2, -0.15) is 0 Å². The molecule has 1 aliphatic heterocycles. The largest absolute Gasteiger partial charge is 0.484 e. The van der Waals surface area contributed by atoms with Crippen LogP contribution in [-0.4, -0.2) is 14.7 Å². The van der Waals surface area contributed by atoms with Crippen LogP contribution in [-0.2, 0) is 6.54 Å². The van der Waals surface area contributed by atoms with E-state index in [2.05, 4.69) is 16.5 Å². The molecule has 106 valence electrons. The molecule has 2 unspecified atom stereocenters. The fourth-order valence-corrected chi connectivity index (χ4v) is 2.77. The van der Waals surface area contributed by atoms with Gasteiger partial charge >= 0.3 is 0 Å². The Morgan fingerprint density at radius 2 is 2.30 bits per heavy atom. The quantitative estimate of drug-likeness (QED) is 0.933. The van der Waals surface area contributed by atoms with E-state index in [-0.39, 0.29) is 6.10 Å². The number of rotatable bonds is 3. The molecule has 0 bridgehead atoms. The van der Waals surface area contributed by atoms with Crippen LogP contribution in [0, 0.1) is 6.92 Å². The SMILES string of the molecule is CCCn1cncc1C1CC(O)c2cc(C)ccc2O1. The second kappa shape index (κ2) is 5.29. The molecule has 0 saturated carbocycles. The lowest BCUT2D eigenvalue weighted by Gasteiger charge is -2.30. The van der Waals surface area contributed by atoms with E-state index >= 15 is 0 Å². The molecule has 2 heterocycles. The zero-order chi connectivity index (χ0) is 14.1. The number of hydrogen-bond donors (Lipinski definition) is 1. The zero-order valence-corrected chi connectivity index (χ0v) is 11.9. The van der Waals surface area contributed by atoms with Crippen molar-refractivity contribution in [2.75, 3.05) is 0 Å². The maximum Gasteiger partial charge on any atom is 0.143 e. The van der Waals surface area contributed by atoms with Gasteiger partial charge in [0.2, 0.25) is 0 Å². The Balaban J connectivity index is 1.91. The van der Waals surface area contributed by atoms with E-state index in [4.69, 9.17) is 4.74 Å². The van der Waals surface area contributed by atoms with Crippen LogP contribution >= 0.6 is 0 Å². The van der Waals surface area contributed by atoms with E-state index < -0.39 is 6.10 Å². The highest BCUT2D eigenvalue weighted by Gasteiger charge is 2.29. The summed E-state index contributed by atoms with van der Waals surface area (Å²) in [6.07, 6.45) is 4.69. The fourth-order valence-electron chi connectivity index (χ4n) is 2.77. The summed E-state index contributed by atoms with van der Waals surface area (Å²) in [4.78, 5) is 4.21. The van der Waals surface area contributed by atoms with Gasteiger partial charge < -0.3 is 14.4 Å². The van der Waals surface area contributed by atoms with E-state index in [1.165, 1.54) is 0 Å². The molecule has 3 rings (SSSR count). The van der Waals surface area contributed by atoms with Crippen LogP contribution in [0.3, 0.4) is 0 Å². The second-order valence-corrected chi connectivity index (χ2v) is 5.41. The second-order valence-electron chi connectivity index (χ2n) is 5.41. The molecule has 1 aliphatic rings. The predicted octanol–water partition coefficient (Wildman–Crippen LogP) is 3.16. The summed E-state index contributed by atoms with van der Waals surface area (Å²) >= 11 is 0. The van der Waals surface area contributed by atoms with Crippen molar-refractivity contribution in [3.8, 4) is 5.75 Å². The van der Waals surface area contributed by atoms with Gasteiger partial charge in [0.25, 0.3) is 0 Å². The van der Waals surface area contributed by atoms with E-state index in [1.807, 2.05) is 37.6 Å². The van der Waals surface area contributed by atoms with Gasteiger partial charge in [-0.25, -0.2) is 4.98 Å². The number of fused-ring (bicyclic) bond motifs is 1. The van der Waals surface area contributed by atoms with Crippen LogP contribution < -0.4 is 4.74 Å². The van der Waals surface area contributed by atoms with E-state index in [0.717, 1.165) is 35.5 Å². The molecule has 0 fully saturated rings. The molecule has 1 aromatic carbocycles. The van der Waals surface area contributed by atoms with Crippen molar-refractivity contribution in [3.05, 3.63) is 47.5 Å². The van der Waals surface area contributed by atoms with Crippen molar-refractivity contribution in [2.24, 2.45) is 0 Å². The molecule has 1 aromatic heterocycles. The van der Waals surface area contributed by atoms with Gasteiger partial charge in [0.05, 0.1) is 24.3 Å². The van der Waals surface area contributed by atoms with Gasteiger partial charge in [-0.1, -0.05) is 18.6 Å². The summed E-state index contributed by atoms with van der Waals surface area (Å²) in [6, 6.07) is 5.96. The summed E-state index contributed by atoms with van der Waals surface area (Å²) < 4.78 is 8.18. The number of aliphatic hydroxyl groups excluding tert-OH is 1. The lowest BCUT2D eigenvalue weighted by Crippen LogP contribution is -2.21. The first kappa shape index (κ1) is 13.2. The van der Waals surface area contributed by atoms with Crippen LogP contribution in [0.4, 0.5) is 0 Å². The Hall–Kier alpha value is -1.81. The molecule has 0 aliphatic carbocycles. The number of imidazole rings is 1. The molecule has 4 heteroatoms. The fraction of sp³-hybridized carbons (Fsp3) is 0.438. The lowest BCUT2D eigenvalue weighted by atomic mass is 9.96. The number of ether oxygens (including phenoxy) is 1. The molecule has 0 spiro atoms. The first-order chi connectivity index (χ1) is 9.69. The van der Waals surface area contributed by atoms with Gasteiger partial charge in [-0.15, -0.1) is 0 Å². The minimum absolute atomic E-state index is 0.130. The van der Waals surface area contributed by atoms with Crippen LogP contribution in [0.15, 0.2) is 30.7 Å². The molecule has 20 heavy (non-hydrogen) atoms. The molecular weight excluding hydrogens is 252 g/mol. The molecule has 2 aromatic rings. The highest BCUT2D eigenvalue weighted by atomic mass is 16.5. The summed E-state index contributed by atoms with van der Waals surface area (Å²) in [5.74, 6) is 0.781. The Morgan fingerprint density at radius 3 is 3.10 bits per heavy atom. The molecular formula is C16H20N2O2. The number of nitrogens with zero attached hydrogens (tertiary/aromatic N) is 2. The molecule has 0 amide bonds. The summed E-state index contributed by atoms with van der Waals surface area (Å²) in [7, 11) is 0. The third-order valence-corrected chi connectivity index (χ3v) is 3.77. The first-order valence-electron chi connectivity index (χ1n) is 7.14. The zero-order valence-electron chi connectivity index (χ0n) is 11.9. The Bertz CT molecular complexity index is 606. The van der Waals surface area contributed by atoms with Gasteiger partial charge in [-0.3, -0.25) is 0 Å². The third kappa shape index (κ3) is 2.31. The van der Waals surface area contributed by atoms with Crippen molar-refractivity contribution in [2.45, 2.75) is 45.4 Å². The standard InChI is InChI=1S/C16H20N2O2/c1-3-6-18-10-17-9-13(18)16-8-14(19)12-7-11(2)4-5-15(12)20-16/h4-5,7,9-10,14,16,19H,3,6,8H2,1-2H3. The van der Waals surface area contributed by atoms with Crippen LogP contribution in [0.5, 0.6) is 5.75 Å². The van der Waals surface area contributed by atoms with Crippen LogP contribution in [0.2, 0.25) is 0 Å². The van der Waals surface area contributed by atoms with Gasteiger partial charge in [0.1, 0.15) is 11.9 Å². The molecule has 1 N–H and O–H groups in total. The highest BCUT2D eigenvalue weighted by molar-refractivity contribution is 5.40. The Labute approximate surface area is 119 Å². The minimum atomic E-state index is -0.478. The average Bonchev–Trinajstić information content (AvgIpc) is 2.88. The molecule has 2 atom stereocenters. The van der Waals surface area contributed by atoms with Crippen molar-refractivity contribution in [1.82, 2.24) is 9.55 Å². The van der Waals surface area contributed by atoms with Crippen LogP contribution in [0.25, 0.3) is 0 Å².